The van der Waals surface area contributed by atoms with Gasteiger partial charge in [-0.3, -0.25) is 4.68 Å². The van der Waals surface area contributed by atoms with Gasteiger partial charge in [0.2, 0.25) is 0 Å². The lowest BCUT2D eigenvalue weighted by atomic mass is 10.2. The van der Waals surface area contributed by atoms with Gasteiger partial charge in [0.05, 0.1) is 6.61 Å². The Kier molecular flexibility index (Phi) is 4.95. The fraction of sp³-hybridized carbons (Fsp3) is 0.429. The Morgan fingerprint density at radius 1 is 1.40 bits per heavy atom. The number of rotatable bonds is 7. The summed E-state index contributed by atoms with van der Waals surface area (Å²) in [6.45, 7) is 3.95. The second-order valence-electron chi connectivity index (χ2n) is 4.50. The molecule has 6 nitrogen and oxygen atoms in total. The Hall–Kier alpha value is -2.08. The summed E-state index contributed by atoms with van der Waals surface area (Å²) in [7, 11) is 1.86. The Balaban J connectivity index is 1.80. The second kappa shape index (κ2) is 6.91. The number of nitrogens with zero attached hydrogens (tertiary/aromatic N) is 3. The number of hydrogen-bond donors (Lipinski definition) is 2. The summed E-state index contributed by atoms with van der Waals surface area (Å²) in [6.07, 6.45) is 2.49. The molecule has 0 saturated carbocycles. The van der Waals surface area contributed by atoms with Crippen LogP contribution in [0.5, 0.6) is 11.5 Å². The van der Waals surface area contributed by atoms with Crippen LogP contribution in [0, 0.1) is 0 Å². The minimum Gasteiger partial charge on any atom is -0.504 e. The molecule has 0 spiro atoms. The monoisotopic (exact) mass is 276 g/mol. The van der Waals surface area contributed by atoms with Gasteiger partial charge in [0, 0.05) is 26.6 Å². The van der Waals surface area contributed by atoms with Crippen LogP contribution in [-0.2, 0) is 20.0 Å². The van der Waals surface area contributed by atoms with Crippen molar-refractivity contribution in [2.75, 3.05) is 13.2 Å². The van der Waals surface area contributed by atoms with Crippen LogP contribution in [0.1, 0.15) is 18.3 Å². The lowest BCUT2D eigenvalue weighted by Crippen LogP contribution is -2.17. The highest BCUT2D eigenvalue weighted by molar-refractivity contribution is 5.41. The molecule has 0 amide bonds. The first kappa shape index (κ1) is 14.3. The normalized spacial score (nSPS) is 10.7. The molecule has 2 N–H and O–H groups in total. The van der Waals surface area contributed by atoms with Gasteiger partial charge in [-0.1, -0.05) is 6.07 Å². The summed E-state index contributed by atoms with van der Waals surface area (Å²) in [6, 6.07) is 5.39. The first-order valence-corrected chi connectivity index (χ1v) is 6.69. The smallest absolute Gasteiger partial charge is 0.161 e. The quantitative estimate of drug-likeness (QED) is 0.745. The molecule has 2 rings (SSSR count). The Morgan fingerprint density at radius 2 is 2.25 bits per heavy atom. The Morgan fingerprint density at radius 3 is 2.95 bits per heavy atom. The van der Waals surface area contributed by atoms with Gasteiger partial charge in [-0.15, -0.1) is 0 Å². The van der Waals surface area contributed by atoms with Crippen LogP contribution < -0.4 is 10.1 Å². The highest BCUT2D eigenvalue weighted by Crippen LogP contribution is 2.26. The lowest BCUT2D eigenvalue weighted by Gasteiger charge is -2.09. The van der Waals surface area contributed by atoms with Gasteiger partial charge in [-0.05, 0) is 24.6 Å². The van der Waals surface area contributed by atoms with Crippen molar-refractivity contribution >= 4 is 0 Å². The standard InChI is InChI=1S/C14H20N4O2/c1-3-20-13-8-11(4-5-12(13)19)9-15-7-6-14-16-10-18(2)17-14/h4-5,8,10,15,19H,3,6-7,9H2,1-2H3. The third-order valence-corrected chi connectivity index (χ3v) is 2.83. The van der Waals surface area contributed by atoms with E-state index in [1.807, 2.05) is 26.1 Å². The zero-order chi connectivity index (χ0) is 14.4. The predicted molar refractivity (Wildman–Crippen MR) is 75.7 cm³/mol. The van der Waals surface area contributed by atoms with Crippen molar-refractivity contribution in [1.82, 2.24) is 20.1 Å². The number of aromatic nitrogens is 3. The minimum atomic E-state index is 0.174. The lowest BCUT2D eigenvalue weighted by molar-refractivity contribution is 0.317. The number of aromatic hydroxyl groups is 1. The fourth-order valence-corrected chi connectivity index (χ4v) is 1.87. The minimum absolute atomic E-state index is 0.174. The molecule has 0 saturated heterocycles. The molecule has 108 valence electrons. The first-order valence-electron chi connectivity index (χ1n) is 6.69. The maximum Gasteiger partial charge on any atom is 0.161 e. The van der Waals surface area contributed by atoms with Gasteiger partial charge in [-0.2, -0.15) is 5.10 Å². The number of hydrogen-bond acceptors (Lipinski definition) is 5. The summed E-state index contributed by atoms with van der Waals surface area (Å²) < 4.78 is 7.05. The van der Waals surface area contributed by atoms with E-state index in [0.29, 0.717) is 18.9 Å². The fourth-order valence-electron chi connectivity index (χ4n) is 1.87. The molecule has 0 fully saturated rings. The molecule has 0 unspecified atom stereocenters. The molecule has 1 aromatic heterocycles. The van der Waals surface area contributed by atoms with Crippen LogP contribution in [0.25, 0.3) is 0 Å². The Bertz CT molecular complexity index is 554. The van der Waals surface area contributed by atoms with Gasteiger partial charge in [-0.25, -0.2) is 4.98 Å². The molecule has 1 heterocycles. The van der Waals surface area contributed by atoms with E-state index in [9.17, 15) is 5.11 Å². The zero-order valence-electron chi connectivity index (χ0n) is 11.8. The second-order valence-corrected chi connectivity index (χ2v) is 4.50. The van der Waals surface area contributed by atoms with E-state index < -0.39 is 0 Å². The number of phenols is 1. The van der Waals surface area contributed by atoms with E-state index in [1.54, 1.807) is 17.1 Å². The van der Waals surface area contributed by atoms with Gasteiger partial charge in [0.15, 0.2) is 17.3 Å². The van der Waals surface area contributed by atoms with Crippen LogP contribution >= 0.6 is 0 Å². The maximum atomic E-state index is 9.62. The molecule has 0 atom stereocenters. The molecule has 0 aliphatic carbocycles. The van der Waals surface area contributed by atoms with Gasteiger partial charge in [0.25, 0.3) is 0 Å². The molecule has 2 aromatic rings. The predicted octanol–water partition coefficient (Wildman–Crippen LogP) is 1.25. The number of ether oxygens (including phenoxy) is 1. The average molecular weight is 276 g/mol. The van der Waals surface area contributed by atoms with Crippen molar-refractivity contribution < 1.29 is 9.84 Å². The first-order chi connectivity index (χ1) is 9.69. The van der Waals surface area contributed by atoms with Gasteiger partial charge >= 0.3 is 0 Å². The molecule has 20 heavy (non-hydrogen) atoms. The summed E-state index contributed by atoms with van der Waals surface area (Å²) in [5.41, 5.74) is 1.07. The average Bonchev–Trinajstić information content (AvgIpc) is 2.84. The van der Waals surface area contributed by atoms with Crippen LogP contribution in [0.2, 0.25) is 0 Å². The summed E-state index contributed by atoms with van der Waals surface area (Å²) in [5.74, 6) is 1.53. The third-order valence-electron chi connectivity index (χ3n) is 2.83. The highest BCUT2D eigenvalue weighted by Gasteiger charge is 2.03. The zero-order valence-corrected chi connectivity index (χ0v) is 11.8. The van der Waals surface area contributed by atoms with Crippen LogP contribution in [0.4, 0.5) is 0 Å². The summed E-state index contributed by atoms with van der Waals surface area (Å²) >= 11 is 0. The summed E-state index contributed by atoms with van der Waals surface area (Å²) in [4.78, 5) is 4.17. The van der Waals surface area contributed by atoms with E-state index in [-0.39, 0.29) is 5.75 Å². The van der Waals surface area contributed by atoms with Crippen LogP contribution in [0.3, 0.4) is 0 Å². The molecular formula is C14H20N4O2. The Labute approximate surface area is 118 Å². The molecule has 6 heteroatoms. The third kappa shape index (κ3) is 3.96. The van der Waals surface area contributed by atoms with E-state index >= 15 is 0 Å². The molecule has 0 radical (unpaired) electrons. The largest absolute Gasteiger partial charge is 0.504 e. The highest BCUT2D eigenvalue weighted by atomic mass is 16.5. The van der Waals surface area contributed by atoms with E-state index in [4.69, 9.17) is 4.74 Å². The molecular weight excluding hydrogens is 256 g/mol. The molecule has 0 aliphatic heterocycles. The SMILES string of the molecule is CCOc1cc(CNCCc2ncn(C)n2)ccc1O. The van der Waals surface area contributed by atoms with Gasteiger partial charge < -0.3 is 15.2 Å². The number of aryl methyl sites for hydroxylation is 1. The van der Waals surface area contributed by atoms with E-state index in [0.717, 1.165) is 24.4 Å². The van der Waals surface area contributed by atoms with Gasteiger partial charge in [0.1, 0.15) is 6.33 Å². The molecule has 0 bridgehead atoms. The number of benzene rings is 1. The van der Waals surface area contributed by atoms with Crippen LogP contribution in [-0.4, -0.2) is 33.0 Å². The molecule has 0 aliphatic rings. The summed E-state index contributed by atoms with van der Waals surface area (Å²) in [5, 5.41) is 17.2. The maximum absolute atomic E-state index is 9.62. The van der Waals surface area contributed by atoms with Crippen molar-refractivity contribution in [3.63, 3.8) is 0 Å². The van der Waals surface area contributed by atoms with E-state index in [2.05, 4.69) is 15.4 Å². The van der Waals surface area contributed by atoms with Crippen molar-refractivity contribution in [3.05, 3.63) is 35.9 Å². The number of phenolic OH excluding ortho intramolecular Hbond substituents is 1. The molecule has 1 aromatic carbocycles. The van der Waals surface area contributed by atoms with Crippen LogP contribution in [0.15, 0.2) is 24.5 Å². The van der Waals surface area contributed by atoms with Crippen molar-refractivity contribution in [2.45, 2.75) is 19.9 Å². The topological polar surface area (TPSA) is 72.2 Å². The van der Waals surface area contributed by atoms with E-state index in [1.165, 1.54) is 0 Å². The van der Waals surface area contributed by atoms with Crippen molar-refractivity contribution in [3.8, 4) is 11.5 Å². The van der Waals surface area contributed by atoms with Crippen molar-refractivity contribution in [2.24, 2.45) is 7.05 Å². The number of nitrogens with one attached hydrogen (secondary N) is 1. The van der Waals surface area contributed by atoms with Crippen molar-refractivity contribution in [1.29, 1.82) is 0 Å².